The number of carboxylic acid groups (broad SMARTS) is 1. The zero-order valence-corrected chi connectivity index (χ0v) is 9.15. The second-order valence-electron chi connectivity index (χ2n) is 3.29. The summed E-state index contributed by atoms with van der Waals surface area (Å²) < 4.78 is 5.07. The van der Waals surface area contributed by atoms with Crippen molar-refractivity contribution in [2.45, 2.75) is 19.9 Å². The van der Waals surface area contributed by atoms with Gasteiger partial charge in [0.25, 0.3) is 0 Å². The highest BCUT2D eigenvalue weighted by Gasteiger charge is 2.17. The molecule has 84 valence electrons. The molecule has 0 amide bonds. The Labute approximate surface area is 94.0 Å². The average molecular weight is 219 g/mol. The van der Waals surface area contributed by atoms with Crippen LogP contribution in [0.25, 0.3) is 0 Å². The summed E-state index contributed by atoms with van der Waals surface area (Å²) in [7, 11) is 0. The first kappa shape index (κ1) is 12.1. The lowest BCUT2D eigenvalue weighted by Gasteiger charge is -2.11. The Balaban J connectivity index is 3.06. The van der Waals surface area contributed by atoms with Gasteiger partial charge in [-0.25, -0.2) is 0 Å². The predicted octanol–water partition coefficient (Wildman–Crippen LogP) is 1.44. The molecule has 4 heteroatoms. The quantitative estimate of drug-likeness (QED) is 0.754. The number of aryl methyl sites for hydroxylation is 1. The molecule has 0 heterocycles. The average Bonchev–Trinajstić information content (AvgIpc) is 2.27. The molecule has 0 fully saturated rings. The number of aliphatic carboxylic acids is 1. The molecule has 0 saturated heterocycles. The molecule has 4 nitrogen and oxygen atoms in total. The second kappa shape index (κ2) is 5.19. The molecular weight excluding hydrogens is 206 g/mol. The smallest absolute Gasteiger partial charge is 0.325 e. The van der Waals surface area contributed by atoms with Crippen LogP contribution in [-0.2, 0) is 4.79 Å². The number of nitrogens with two attached hydrogens (primary N) is 1. The van der Waals surface area contributed by atoms with E-state index in [9.17, 15) is 4.79 Å². The van der Waals surface area contributed by atoms with Crippen molar-refractivity contribution in [2.75, 3.05) is 0 Å². The maximum Gasteiger partial charge on any atom is 0.325 e. The Morgan fingerprint density at radius 2 is 2.25 bits per heavy atom. The Bertz CT molecular complexity index is 457. The van der Waals surface area contributed by atoms with E-state index < -0.39 is 12.0 Å². The number of benzene rings is 1. The number of carbonyl (C=O) groups is 1. The Kier molecular flexibility index (Phi) is 3.92. The largest absolute Gasteiger partial charge is 0.480 e. The van der Waals surface area contributed by atoms with Crippen molar-refractivity contribution in [1.29, 1.82) is 0 Å². The molecule has 1 rings (SSSR count). The van der Waals surface area contributed by atoms with Gasteiger partial charge in [-0.05, 0) is 30.2 Å². The monoisotopic (exact) mass is 219 g/mol. The highest BCUT2D eigenvalue weighted by Crippen LogP contribution is 2.22. The van der Waals surface area contributed by atoms with Gasteiger partial charge in [-0.15, -0.1) is 0 Å². The molecule has 1 unspecified atom stereocenters. The summed E-state index contributed by atoms with van der Waals surface area (Å²) in [6, 6.07) is 4.03. The summed E-state index contributed by atoms with van der Waals surface area (Å²) in [6.45, 7) is 3.45. The van der Waals surface area contributed by atoms with Crippen LogP contribution in [0.5, 0.6) is 5.75 Å². The van der Waals surface area contributed by atoms with Crippen LogP contribution in [0.1, 0.15) is 24.1 Å². The Morgan fingerprint density at radius 1 is 1.56 bits per heavy atom. The van der Waals surface area contributed by atoms with E-state index in [1.165, 1.54) is 0 Å². The molecule has 0 aromatic heterocycles. The minimum atomic E-state index is -1.07. The summed E-state index contributed by atoms with van der Waals surface area (Å²) >= 11 is 0. The van der Waals surface area contributed by atoms with E-state index in [1.807, 2.05) is 0 Å². The molecule has 0 spiro atoms. The van der Waals surface area contributed by atoms with Gasteiger partial charge in [-0.3, -0.25) is 4.79 Å². The van der Waals surface area contributed by atoms with Crippen LogP contribution < -0.4 is 10.5 Å². The third-order valence-corrected chi connectivity index (χ3v) is 2.12. The van der Waals surface area contributed by atoms with E-state index in [2.05, 4.69) is 12.0 Å². The van der Waals surface area contributed by atoms with Crippen LogP contribution in [-0.4, -0.2) is 11.1 Å². The van der Waals surface area contributed by atoms with Crippen LogP contribution in [0, 0.1) is 19.0 Å². The van der Waals surface area contributed by atoms with Gasteiger partial charge in [0.1, 0.15) is 17.9 Å². The third kappa shape index (κ3) is 2.75. The number of carboxylic acids is 1. The molecule has 16 heavy (non-hydrogen) atoms. The van der Waals surface area contributed by atoms with Crippen molar-refractivity contribution in [3.63, 3.8) is 0 Å². The first-order chi connectivity index (χ1) is 7.56. The maximum atomic E-state index is 10.8. The summed E-state index contributed by atoms with van der Waals surface area (Å²) in [4.78, 5) is 10.8. The van der Waals surface area contributed by atoms with Gasteiger partial charge in [-0.2, -0.15) is 0 Å². The van der Waals surface area contributed by atoms with Crippen LogP contribution in [0.4, 0.5) is 0 Å². The van der Waals surface area contributed by atoms with Crippen LogP contribution >= 0.6 is 0 Å². The molecule has 0 aliphatic heterocycles. The van der Waals surface area contributed by atoms with Crippen molar-refractivity contribution in [3.8, 4) is 17.8 Å². The number of ether oxygens (including phenoxy) is 1. The number of hydrogen-bond acceptors (Lipinski definition) is 3. The maximum absolute atomic E-state index is 10.8. The van der Waals surface area contributed by atoms with Crippen LogP contribution in [0.3, 0.4) is 0 Å². The zero-order chi connectivity index (χ0) is 12.1. The predicted molar refractivity (Wildman–Crippen MR) is 59.8 cm³/mol. The van der Waals surface area contributed by atoms with Gasteiger partial charge in [0.15, 0.2) is 0 Å². The fourth-order valence-corrected chi connectivity index (χ4v) is 1.26. The van der Waals surface area contributed by atoms with E-state index in [0.29, 0.717) is 11.3 Å². The second-order valence-corrected chi connectivity index (χ2v) is 3.29. The van der Waals surface area contributed by atoms with Crippen molar-refractivity contribution >= 4 is 5.97 Å². The minimum absolute atomic E-state index is 0.492. The highest BCUT2D eigenvalue weighted by molar-refractivity contribution is 5.76. The lowest BCUT2D eigenvalue weighted by atomic mass is 10.0. The molecule has 0 bridgehead atoms. The summed E-state index contributed by atoms with van der Waals surface area (Å²) in [5.74, 6) is 2.01. The topological polar surface area (TPSA) is 72.5 Å². The van der Waals surface area contributed by atoms with E-state index in [1.54, 1.807) is 32.0 Å². The lowest BCUT2D eigenvalue weighted by molar-refractivity contribution is -0.138. The first-order valence-electron chi connectivity index (χ1n) is 4.73. The summed E-state index contributed by atoms with van der Waals surface area (Å²) in [6.07, 6.45) is 2.44. The molecule has 1 atom stereocenters. The molecule has 0 radical (unpaired) electrons. The van der Waals surface area contributed by atoms with Gasteiger partial charge < -0.3 is 15.6 Å². The Hall–Kier alpha value is -1.99. The van der Waals surface area contributed by atoms with Gasteiger partial charge in [0.2, 0.25) is 0 Å². The lowest BCUT2D eigenvalue weighted by Crippen LogP contribution is -2.21. The van der Waals surface area contributed by atoms with E-state index in [-0.39, 0.29) is 0 Å². The van der Waals surface area contributed by atoms with Crippen molar-refractivity contribution in [3.05, 3.63) is 29.3 Å². The SMILES string of the molecule is CC#COc1ccc(C)c(C(N)C(=O)O)c1. The fraction of sp³-hybridized carbons (Fsp3) is 0.250. The Morgan fingerprint density at radius 3 is 2.81 bits per heavy atom. The molecule has 1 aromatic carbocycles. The summed E-state index contributed by atoms with van der Waals surface area (Å²) in [5, 5.41) is 8.83. The van der Waals surface area contributed by atoms with Crippen molar-refractivity contribution in [2.24, 2.45) is 5.73 Å². The fourth-order valence-electron chi connectivity index (χ4n) is 1.26. The molecule has 0 aliphatic rings. The number of rotatable bonds is 3. The van der Waals surface area contributed by atoms with Gasteiger partial charge in [-0.1, -0.05) is 12.0 Å². The van der Waals surface area contributed by atoms with Gasteiger partial charge >= 0.3 is 5.97 Å². The molecule has 0 saturated carbocycles. The van der Waals surface area contributed by atoms with E-state index >= 15 is 0 Å². The van der Waals surface area contributed by atoms with Gasteiger partial charge in [0, 0.05) is 6.92 Å². The highest BCUT2D eigenvalue weighted by atomic mass is 16.5. The van der Waals surface area contributed by atoms with Crippen molar-refractivity contribution < 1.29 is 14.6 Å². The molecule has 0 aliphatic carbocycles. The number of hydrogen-bond donors (Lipinski definition) is 2. The van der Waals surface area contributed by atoms with Crippen LogP contribution in [0.15, 0.2) is 18.2 Å². The van der Waals surface area contributed by atoms with Crippen LogP contribution in [0.2, 0.25) is 0 Å². The first-order valence-corrected chi connectivity index (χ1v) is 4.73. The summed E-state index contributed by atoms with van der Waals surface area (Å²) in [5.41, 5.74) is 6.89. The van der Waals surface area contributed by atoms with E-state index in [4.69, 9.17) is 15.6 Å². The van der Waals surface area contributed by atoms with Gasteiger partial charge in [0.05, 0.1) is 0 Å². The van der Waals surface area contributed by atoms with Crippen molar-refractivity contribution in [1.82, 2.24) is 0 Å². The van der Waals surface area contributed by atoms with E-state index in [0.717, 1.165) is 5.56 Å². The third-order valence-electron chi connectivity index (χ3n) is 2.12. The zero-order valence-electron chi connectivity index (χ0n) is 9.15. The molecule has 3 N–H and O–H groups in total. The standard InChI is InChI=1S/C12H13NO3/c1-3-6-16-9-5-4-8(2)10(7-9)11(13)12(14)15/h4-5,7,11H,13H2,1-2H3,(H,14,15). The molecular formula is C12H13NO3. The minimum Gasteiger partial charge on any atom is -0.480 e. The normalized spacial score (nSPS) is 11.2. The molecule has 1 aromatic rings.